The summed E-state index contributed by atoms with van der Waals surface area (Å²) in [6.45, 7) is 4.25. The Hall–Kier alpha value is -1.95. The van der Waals surface area contributed by atoms with Gasteiger partial charge in [0.2, 0.25) is 0 Å². The van der Waals surface area contributed by atoms with Gasteiger partial charge in [0, 0.05) is 48.6 Å². The Morgan fingerprint density at radius 1 is 1.38 bits per heavy atom. The number of carbonyl (C=O) groups is 1. The number of benzene rings is 1. The molecule has 1 saturated heterocycles. The van der Waals surface area contributed by atoms with Crippen LogP contribution in [0.25, 0.3) is 0 Å². The number of nitrogens with zero attached hydrogens (tertiary/aromatic N) is 3. The topological polar surface area (TPSA) is 50.2 Å². The van der Waals surface area contributed by atoms with E-state index in [1.165, 1.54) is 4.90 Å². The summed E-state index contributed by atoms with van der Waals surface area (Å²) >= 11 is 1.88. The predicted molar refractivity (Wildman–Crippen MR) is 97.0 cm³/mol. The van der Waals surface area contributed by atoms with Gasteiger partial charge >= 0.3 is 6.03 Å². The first kappa shape index (κ1) is 16.9. The number of nitrogens with one attached hydrogen (secondary N) is 1. The number of hydrogen-bond acceptors (Lipinski definition) is 3. The van der Waals surface area contributed by atoms with Gasteiger partial charge < -0.3 is 10.2 Å². The van der Waals surface area contributed by atoms with Gasteiger partial charge in [0.1, 0.15) is 0 Å². The molecule has 1 aromatic carbocycles. The Balaban J connectivity index is 1.43. The summed E-state index contributed by atoms with van der Waals surface area (Å²) in [5.41, 5.74) is 2.16. The zero-order valence-electron chi connectivity index (χ0n) is 14.2. The van der Waals surface area contributed by atoms with E-state index in [4.69, 9.17) is 0 Å². The van der Waals surface area contributed by atoms with E-state index < -0.39 is 0 Å². The molecule has 2 heterocycles. The van der Waals surface area contributed by atoms with Gasteiger partial charge in [0.05, 0.1) is 6.20 Å². The van der Waals surface area contributed by atoms with Crippen molar-refractivity contribution in [3.05, 3.63) is 47.8 Å². The molecule has 5 nitrogen and oxygen atoms in total. The Morgan fingerprint density at radius 3 is 2.88 bits per heavy atom. The summed E-state index contributed by atoms with van der Waals surface area (Å²) in [5.74, 6) is 1.64. The highest BCUT2D eigenvalue weighted by atomic mass is 32.2. The molecule has 24 heavy (non-hydrogen) atoms. The standard InChI is InChI=1S/C18H24N4OS/c1-14-16(11-20-21(14)2)10-19-18(23)22-9-8-15(12-22)13-24-17-6-4-3-5-7-17/h3-7,11,15H,8-10,12-13H2,1-2H3,(H,19,23)/t15-/m1/s1. The van der Waals surface area contributed by atoms with E-state index in [-0.39, 0.29) is 6.03 Å². The highest BCUT2D eigenvalue weighted by Crippen LogP contribution is 2.25. The van der Waals surface area contributed by atoms with Gasteiger partial charge in [-0.3, -0.25) is 4.68 Å². The highest BCUT2D eigenvalue weighted by molar-refractivity contribution is 7.99. The number of urea groups is 1. The van der Waals surface area contributed by atoms with Crippen LogP contribution in [0.1, 0.15) is 17.7 Å². The van der Waals surface area contributed by atoms with Crippen LogP contribution in [0, 0.1) is 12.8 Å². The molecule has 2 aromatic rings. The lowest BCUT2D eigenvalue weighted by molar-refractivity contribution is 0.207. The van der Waals surface area contributed by atoms with Crippen molar-refractivity contribution in [3.63, 3.8) is 0 Å². The minimum Gasteiger partial charge on any atom is -0.334 e. The van der Waals surface area contributed by atoms with E-state index in [2.05, 4.69) is 34.7 Å². The molecule has 0 unspecified atom stereocenters. The third-order valence-electron chi connectivity index (χ3n) is 4.57. The van der Waals surface area contributed by atoms with Crippen molar-refractivity contribution in [3.8, 4) is 0 Å². The van der Waals surface area contributed by atoms with E-state index >= 15 is 0 Å². The summed E-state index contributed by atoms with van der Waals surface area (Å²) in [6.07, 6.45) is 2.90. The first-order valence-corrected chi connectivity index (χ1v) is 9.30. The quantitative estimate of drug-likeness (QED) is 0.848. The molecule has 2 amide bonds. The maximum absolute atomic E-state index is 12.3. The smallest absolute Gasteiger partial charge is 0.317 e. The first-order chi connectivity index (χ1) is 11.6. The molecular weight excluding hydrogens is 320 g/mol. The Morgan fingerprint density at radius 2 is 2.17 bits per heavy atom. The van der Waals surface area contributed by atoms with E-state index in [0.29, 0.717) is 12.5 Å². The number of aryl methyl sites for hydroxylation is 1. The van der Waals surface area contributed by atoms with Crippen molar-refractivity contribution in [1.29, 1.82) is 0 Å². The van der Waals surface area contributed by atoms with E-state index in [0.717, 1.165) is 36.5 Å². The van der Waals surface area contributed by atoms with Crippen LogP contribution >= 0.6 is 11.8 Å². The highest BCUT2D eigenvalue weighted by Gasteiger charge is 2.26. The molecule has 1 N–H and O–H groups in total. The molecule has 6 heteroatoms. The largest absolute Gasteiger partial charge is 0.334 e. The summed E-state index contributed by atoms with van der Waals surface area (Å²) in [7, 11) is 1.91. The van der Waals surface area contributed by atoms with Crippen molar-refractivity contribution < 1.29 is 4.79 Å². The molecule has 0 aliphatic carbocycles. The van der Waals surface area contributed by atoms with Gasteiger partial charge in [0.25, 0.3) is 0 Å². The first-order valence-electron chi connectivity index (χ1n) is 8.31. The van der Waals surface area contributed by atoms with Crippen LogP contribution < -0.4 is 5.32 Å². The third-order valence-corrected chi connectivity index (χ3v) is 5.81. The van der Waals surface area contributed by atoms with E-state index in [1.54, 1.807) is 0 Å². The third kappa shape index (κ3) is 4.12. The number of amides is 2. The van der Waals surface area contributed by atoms with Gasteiger partial charge in [-0.05, 0) is 31.4 Å². The number of aromatic nitrogens is 2. The van der Waals surface area contributed by atoms with Crippen molar-refractivity contribution >= 4 is 17.8 Å². The van der Waals surface area contributed by atoms with E-state index in [9.17, 15) is 4.79 Å². The summed E-state index contributed by atoms with van der Waals surface area (Å²) < 4.78 is 1.83. The van der Waals surface area contributed by atoms with Crippen LogP contribution in [0.2, 0.25) is 0 Å². The number of rotatable bonds is 5. The Labute approximate surface area is 147 Å². The van der Waals surface area contributed by atoms with Crippen LogP contribution in [-0.2, 0) is 13.6 Å². The van der Waals surface area contributed by atoms with E-state index in [1.807, 2.05) is 47.6 Å². The zero-order valence-corrected chi connectivity index (χ0v) is 15.1. The molecule has 1 aromatic heterocycles. The lowest BCUT2D eigenvalue weighted by Gasteiger charge is -2.17. The Kier molecular flexibility index (Phi) is 5.45. The average Bonchev–Trinajstić information content (AvgIpc) is 3.20. The van der Waals surface area contributed by atoms with Gasteiger partial charge in [-0.1, -0.05) is 18.2 Å². The lowest BCUT2D eigenvalue weighted by Crippen LogP contribution is -2.38. The number of hydrogen-bond donors (Lipinski definition) is 1. The van der Waals surface area contributed by atoms with Crippen LogP contribution in [0.3, 0.4) is 0 Å². The van der Waals surface area contributed by atoms with Crippen LogP contribution in [0.5, 0.6) is 0 Å². The van der Waals surface area contributed by atoms with Crippen LogP contribution in [0.15, 0.2) is 41.4 Å². The number of carbonyl (C=O) groups excluding carboxylic acids is 1. The second-order valence-corrected chi connectivity index (χ2v) is 7.36. The summed E-state index contributed by atoms with van der Waals surface area (Å²) in [4.78, 5) is 15.6. The fraction of sp³-hybridized carbons (Fsp3) is 0.444. The molecular formula is C18H24N4OS. The minimum atomic E-state index is 0.0328. The van der Waals surface area contributed by atoms with Gasteiger partial charge in [-0.15, -0.1) is 11.8 Å². The molecule has 1 aliphatic heterocycles. The predicted octanol–water partition coefficient (Wildman–Crippen LogP) is 3.05. The fourth-order valence-electron chi connectivity index (χ4n) is 2.88. The van der Waals surface area contributed by atoms with Crippen LogP contribution in [0.4, 0.5) is 4.79 Å². The van der Waals surface area contributed by atoms with Crippen molar-refractivity contribution in [2.45, 2.75) is 24.8 Å². The lowest BCUT2D eigenvalue weighted by atomic mass is 10.2. The maximum Gasteiger partial charge on any atom is 0.317 e. The second-order valence-electron chi connectivity index (χ2n) is 6.26. The SMILES string of the molecule is Cc1c(CNC(=O)N2CC[C@@H](CSc3ccccc3)C2)cnn1C. The van der Waals surface area contributed by atoms with Gasteiger partial charge in [0.15, 0.2) is 0 Å². The summed E-state index contributed by atoms with van der Waals surface area (Å²) in [5, 5.41) is 7.22. The molecule has 0 radical (unpaired) electrons. The van der Waals surface area contributed by atoms with Crippen molar-refractivity contribution in [2.75, 3.05) is 18.8 Å². The maximum atomic E-state index is 12.3. The molecule has 1 aliphatic rings. The molecule has 1 atom stereocenters. The molecule has 0 bridgehead atoms. The minimum absolute atomic E-state index is 0.0328. The normalized spacial score (nSPS) is 17.2. The molecule has 128 valence electrons. The van der Waals surface area contributed by atoms with Gasteiger partial charge in [-0.2, -0.15) is 5.10 Å². The number of likely N-dealkylation sites (tertiary alicyclic amines) is 1. The summed E-state index contributed by atoms with van der Waals surface area (Å²) in [6, 6.07) is 10.5. The zero-order chi connectivity index (χ0) is 16.9. The Bertz CT molecular complexity index is 686. The average molecular weight is 344 g/mol. The van der Waals surface area contributed by atoms with Crippen molar-refractivity contribution in [2.24, 2.45) is 13.0 Å². The molecule has 3 rings (SSSR count). The monoisotopic (exact) mass is 344 g/mol. The fourth-order valence-corrected chi connectivity index (χ4v) is 3.93. The van der Waals surface area contributed by atoms with Crippen LogP contribution in [-0.4, -0.2) is 39.6 Å². The molecule has 0 spiro atoms. The molecule has 0 saturated carbocycles. The van der Waals surface area contributed by atoms with Gasteiger partial charge in [-0.25, -0.2) is 4.79 Å². The van der Waals surface area contributed by atoms with Crippen molar-refractivity contribution in [1.82, 2.24) is 20.0 Å². The second kappa shape index (κ2) is 7.75. The number of thioether (sulfide) groups is 1. The molecule has 1 fully saturated rings.